The molecule has 1 fully saturated rings. The number of hydrogen-bond donors (Lipinski definition) is 2. The average molecular weight is 322 g/mol. The van der Waals surface area contributed by atoms with E-state index in [0.29, 0.717) is 0 Å². The molecule has 1 aliphatic rings. The smallest absolute Gasteiger partial charge is 0.350 e. The predicted molar refractivity (Wildman–Crippen MR) is 77.8 cm³/mol. The first-order valence-electron chi connectivity index (χ1n) is 6.69. The largest absolute Gasteiger partial charge is 0.419 e. The Morgan fingerprint density at radius 1 is 1.22 bits per heavy atom. The van der Waals surface area contributed by atoms with E-state index >= 15 is 0 Å². The molecular formula is C15H15FN2O5. The maximum absolute atomic E-state index is 13.9. The Bertz CT molecular complexity index is 690. The molecule has 1 amide bonds. The van der Waals surface area contributed by atoms with Gasteiger partial charge in [-0.05, 0) is 12.1 Å². The summed E-state index contributed by atoms with van der Waals surface area (Å²) in [6.45, 7) is 2.82. The second kappa shape index (κ2) is 6.07. The molecule has 0 unspecified atom stereocenters. The summed E-state index contributed by atoms with van der Waals surface area (Å²) in [5, 5.41) is 4.82. The monoisotopic (exact) mass is 322 g/mol. The zero-order chi connectivity index (χ0) is 17.2. The van der Waals surface area contributed by atoms with E-state index in [9.17, 15) is 18.8 Å². The summed E-state index contributed by atoms with van der Waals surface area (Å²) in [6, 6.07) is 3.89. The van der Waals surface area contributed by atoms with Crippen LogP contribution < -0.4 is 10.6 Å². The van der Waals surface area contributed by atoms with Crippen LogP contribution in [0.1, 0.15) is 24.2 Å². The van der Waals surface area contributed by atoms with Gasteiger partial charge in [0.2, 0.25) is 0 Å². The van der Waals surface area contributed by atoms with E-state index < -0.39 is 35.0 Å². The molecule has 1 aromatic carbocycles. The van der Waals surface area contributed by atoms with Crippen LogP contribution in [0.25, 0.3) is 0 Å². The molecule has 8 heteroatoms. The Kier molecular flexibility index (Phi) is 4.35. The summed E-state index contributed by atoms with van der Waals surface area (Å²) in [6.07, 6.45) is 0.949. The Morgan fingerprint density at radius 2 is 1.83 bits per heavy atom. The number of para-hydroxylation sites is 1. The van der Waals surface area contributed by atoms with E-state index in [4.69, 9.17) is 9.47 Å². The maximum atomic E-state index is 13.9. The van der Waals surface area contributed by atoms with Crippen LogP contribution in [0.4, 0.5) is 10.1 Å². The molecule has 0 bridgehead atoms. The van der Waals surface area contributed by atoms with E-state index in [2.05, 4.69) is 10.6 Å². The molecular weight excluding hydrogens is 307 g/mol. The van der Waals surface area contributed by atoms with Crippen LogP contribution in [0.3, 0.4) is 0 Å². The van der Waals surface area contributed by atoms with Crippen LogP contribution in [0, 0.1) is 5.82 Å². The minimum atomic E-state index is -1.36. The summed E-state index contributed by atoms with van der Waals surface area (Å²) in [4.78, 5) is 35.3. The molecule has 0 aromatic heterocycles. The number of benzene rings is 1. The number of amides is 1. The van der Waals surface area contributed by atoms with Crippen molar-refractivity contribution in [2.75, 3.05) is 12.4 Å². The van der Waals surface area contributed by atoms with E-state index in [-0.39, 0.29) is 11.3 Å². The summed E-state index contributed by atoms with van der Waals surface area (Å²) >= 11 is 0. The standard InChI is InChI=1S/C15H15FN2O5/c1-15(2)22-13(20)9(14(21)23-15)7-18-11-8(12(19)17-3)5-4-6-10(11)16/h4-7,18H,1-3H3,(H,17,19). The quantitative estimate of drug-likeness (QED) is 0.495. The molecule has 23 heavy (non-hydrogen) atoms. The molecule has 1 aromatic rings. The topological polar surface area (TPSA) is 93.7 Å². The Morgan fingerprint density at radius 3 is 2.39 bits per heavy atom. The molecule has 1 saturated heterocycles. The average Bonchev–Trinajstić information content (AvgIpc) is 2.45. The molecule has 1 heterocycles. The van der Waals surface area contributed by atoms with Crippen molar-refractivity contribution >= 4 is 23.5 Å². The highest BCUT2D eigenvalue weighted by Crippen LogP contribution is 2.24. The van der Waals surface area contributed by atoms with Gasteiger partial charge in [0.05, 0.1) is 11.3 Å². The van der Waals surface area contributed by atoms with Gasteiger partial charge in [0.25, 0.3) is 11.7 Å². The summed E-state index contributed by atoms with van der Waals surface area (Å²) < 4.78 is 23.7. The minimum absolute atomic E-state index is 0.0159. The van der Waals surface area contributed by atoms with Gasteiger partial charge < -0.3 is 20.1 Å². The van der Waals surface area contributed by atoms with Gasteiger partial charge >= 0.3 is 11.9 Å². The van der Waals surface area contributed by atoms with Crippen molar-refractivity contribution in [3.63, 3.8) is 0 Å². The third kappa shape index (κ3) is 3.47. The third-order valence-corrected chi connectivity index (χ3v) is 2.96. The van der Waals surface area contributed by atoms with Crippen molar-refractivity contribution in [2.45, 2.75) is 19.6 Å². The van der Waals surface area contributed by atoms with Gasteiger partial charge in [-0.2, -0.15) is 0 Å². The van der Waals surface area contributed by atoms with E-state index in [1.165, 1.54) is 33.0 Å². The zero-order valence-corrected chi connectivity index (χ0v) is 12.7. The van der Waals surface area contributed by atoms with Crippen LogP contribution in [-0.4, -0.2) is 30.7 Å². The van der Waals surface area contributed by atoms with Gasteiger partial charge in [0, 0.05) is 27.1 Å². The Labute approximate surface area is 131 Å². The van der Waals surface area contributed by atoms with Gasteiger partial charge in [-0.15, -0.1) is 0 Å². The number of carbonyl (C=O) groups is 3. The lowest BCUT2D eigenvalue weighted by Gasteiger charge is -2.29. The molecule has 0 aliphatic carbocycles. The third-order valence-electron chi connectivity index (χ3n) is 2.96. The number of hydrogen-bond acceptors (Lipinski definition) is 6. The van der Waals surface area contributed by atoms with Crippen molar-refractivity contribution in [3.8, 4) is 0 Å². The fourth-order valence-corrected chi connectivity index (χ4v) is 1.92. The number of rotatable bonds is 3. The molecule has 0 saturated carbocycles. The number of ether oxygens (including phenoxy) is 2. The van der Waals surface area contributed by atoms with Crippen molar-refractivity contribution in [1.82, 2.24) is 5.32 Å². The van der Waals surface area contributed by atoms with Gasteiger partial charge in [-0.25, -0.2) is 14.0 Å². The van der Waals surface area contributed by atoms with Gasteiger partial charge in [-0.1, -0.05) is 6.07 Å². The van der Waals surface area contributed by atoms with Gasteiger partial charge in [0.1, 0.15) is 5.82 Å². The second-order valence-electron chi connectivity index (χ2n) is 5.12. The molecule has 0 radical (unpaired) electrons. The Balaban J connectivity index is 2.32. The van der Waals surface area contributed by atoms with Gasteiger partial charge in [0.15, 0.2) is 5.57 Å². The molecule has 1 aliphatic heterocycles. The van der Waals surface area contributed by atoms with Gasteiger partial charge in [-0.3, -0.25) is 4.79 Å². The number of halogens is 1. The summed E-state index contributed by atoms with van der Waals surface area (Å²) in [5.41, 5.74) is -0.595. The normalized spacial score (nSPS) is 16.3. The molecule has 2 rings (SSSR count). The molecule has 122 valence electrons. The van der Waals surface area contributed by atoms with Crippen LogP contribution in [0.15, 0.2) is 30.0 Å². The first kappa shape index (κ1) is 16.5. The number of nitrogens with one attached hydrogen (secondary N) is 2. The van der Waals surface area contributed by atoms with E-state index in [1.54, 1.807) is 0 Å². The van der Waals surface area contributed by atoms with E-state index in [0.717, 1.165) is 12.3 Å². The molecule has 0 spiro atoms. The SMILES string of the molecule is CNC(=O)c1cccc(F)c1NC=C1C(=O)OC(C)(C)OC1=O. The number of cyclic esters (lactones) is 2. The predicted octanol–water partition coefficient (Wildman–Crippen LogP) is 1.32. The highest BCUT2D eigenvalue weighted by molar-refractivity contribution is 6.15. The summed E-state index contributed by atoms with van der Waals surface area (Å²) in [7, 11) is 1.40. The summed E-state index contributed by atoms with van der Waals surface area (Å²) in [5.74, 6) is -4.43. The van der Waals surface area contributed by atoms with Crippen LogP contribution in [0.2, 0.25) is 0 Å². The zero-order valence-electron chi connectivity index (χ0n) is 12.7. The molecule has 0 atom stereocenters. The van der Waals surface area contributed by atoms with Crippen molar-refractivity contribution in [2.24, 2.45) is 0 Å². The highest BCUT2D eigenvalue weighted by Gasteiger charge is 2.39. The lowest BCUT2D eigenvalue weighted by atomic mass is 10.1. The number of anilines is 1. The van der Waals surface area contributed by atoms with E-state index in [1.807, 2.05) is 0 Å². The fraction of sp³-hybridized carbons (Fsp3) is 0.267. The molecule has 2 N–H and O–H groups in total. The molecule has 7 nitrogen and oxygen atoms in total. The maximum Gasteiger partial charge on any atom is 0.350 e. The number of esters is 2. The van der Waals surface area contributed by atoms with Crippen molar-refractivity contribution in [1.29, 1.82) is 0 Å². The van der Waals surface area contributed by atoms with Crippen LogP contribution in [0.5, 0.6) is 0 Å². The lowest BCUT2D eigenvalue weighted by Crippen LogP contribution is -2.42. The first-order chi connectivity index (χ1) is 10.7. The Hall–Kier alpha value is -2.90. The van der Waals surface area contributed by atoms with Crippen molar-refractivity contribution < 1.29 is 28.2 Å². The minimum Gasteiger partial charge on any atom is -0.419 e. The lowest BCUT2D eigenvalue weighted by molar-refractivity contribution is -0.222. The second-order valence-corrected chi connectivity index (χ2v) is 5.12. The van der Waals surface area contributed by atoms with Crippen molar-refractivity contribution in [3.05, 3.63) is 41.4 Å². The van der Waals surface area contributed by atoms with Crippen LogP contribution >= 0.6 is 0 Å². The van der Waals surface area contributed by atoms with Crippen LogP contribution in [-0.2, 0) is 19.1 Å². The first-order valence-corrected chi connectivity index (χ1v) is 6.69. The number of carbonyl (C=O) groups excluding carboxylic acids is 3. The highest BCUT2D eigenvalue weighted by atomic mass is 19.1. The fourth-order valence-electron chi connectivity index (χ4n) is 1.92.